The van der Waals surface area contributed by atoms with Crippen molar-refractivity contribution >= 4 is 33.0 Å². The monoisotopic (exact) mass is 302 g/mol. The lowest BCUT2D eigenvalue weighted by molar-refractivity contribution is 0.0691. The van der Waals surface area contributed by atoms with Gasteiger partial charge in [-0.1, -0.05) is 19.8 Å². The van der Waals surface area contributed by atoms with Crippen molar-refractivity contribution in [1.29, 1.82) is 0 Å². The maximum Gasteiger partial charge on any atom is 0.263 e. The van der Waals surface area contributed by atoms with Gasteiger partial charge in [0.15, 0.2) is 0 Å². The van der Waals surface area contributed by atoms with Crippen molar-refractivity contribution in [2.24, 2.45) is 5.92 Å². The zero-order chi connectivity index (χ0) is 14.8. The van der Waals surface area contributed by atoms with Gasteiger partial charge in [-0.05, 0) is 48.4 Å². The first-order chi connectivity index (χ1) is 10.2. The fourth-order valence-corrected chi connectivity index (χ4v) is 4.17. The number of anilines is 1. The highest BCUT2D eigenvalue weighted by molar-refractivity contribution is 7.20. The molecule has 3 nitrogen and oxygen atoms in total. The zero-order valence-electron chi connectivity index (χ0n) is 12.5. The molecule has 1 amide bonds. The number of rotatable bonds is 3. The molecule has 1 aliphatic heterocycles. The number of nitrogens with two attached hydrogens (primary N) is 1. The van der Waals surface area contributed by atoms with Crippen LogP contribution in [0.3, 0.4) is 0 Å². The third-order valence-corrected chi connectivity index (χ3v) is 5.45. The first-order valence-corrected chi connectivity index (χ1v) is 8.57. The molecule has 112 valence electrons. The summed E-state index contributed by atoms with van der Waals surface area (Å²) < 4.78 is 1.13. The van der Waals surface area contributed by atoms with E-state index in [0.717, 1.165) is 52.5 Å². The fourth-order valence-electron chi connectivity index (χ4n) is 3.16. The number of benzene rings is 1. The second-order valence-electron chi connectivity index (χ2n) is 5.93. The van der Waals surface area contributed by atoms with E-state index in [-0.39, 0.29) is 5.91 Å². The first kappa shape index (κ1) is 14.4. The number of carbonyl (C=O) groups is 1. The van der Waals surface area contributed by atoms with Crippen LogP contribution in [-0.2, 0) is 0 Å². The molecule has 21 heavy (non-hydrogen) atoms. The number of piperidine rings is 1. The van der Waals surface area contributed by atoms with Crippen molar-refractivity contribution in [2.75, 3.05) is 18.8 Å². The van der Waals surface area contributed by atoms with Crippen LogP contribution in [-0.4, -0.2) is 23.9 Å². The van der Waals surface area contributed by atoms with Gasteiger partial charge in [0.25, 0.3) is 5.91 Å². The summed E-state index contributed by atoms with van der Waals surface area (Å²) in [6.45, 7) is 4.04. The lowest BCUT2D eigenvalue weighted by atomic mass is 9.92. The Labute approximate surface area is 129 Å². The molecule has 4 heteroatoms. The van der Waals surface area contributed by atoms with Crippen LogP contribution in [0.4, 0.5) is 5.69 Å². The Morgan fingerprint density at radius 1 is 1.33 bits per heavy atom. The van der Waals surface area contributed by atoms with E-state index in [0.29, 0.717) is 0 Å². The molecule has 1 fully saturated rings. The molecule has 2 heterocycles. The Morgan fingerprint density at radius 2 is 2.10 bits per heavy atom. The highest BCUT2D eigenvalue weighted by Crippen LogP contribution is 2.29. The minimum Gasteiger partial charge on any atom is -0.399 e. The number of likely N-dealkylation sites (tertiary alicyclic amines) is 1. The summed E-state index contributed by atoms with van der Waals surface area (Å²) in [4.78, 5) is 15.5. The Kier molecular flexibility index (Phi) is 4.15. The third-order valence-electron chi connectivity index (χ3n) is 4.35. The number of carbonyl (C=O) groups excluding carboxylic acids is 1. The zero-order valence-corrected chi connectivity index (χ0v) is 13.3. The summed E-state index contributed by atoms with van der Waals surface area (Å²) in [5.74, 6) is 0.992. The van der Waals surface area contributed by atoms with E-state index < -0.39 is 0 Å². The number of hydrogen-bond acceptors (Lipinski definition) is 3. The van der Waals surface area contributed by atoms with Crippen LogP contribution in [0.15, 0.2) is 24.3 Å². The minimum absolute atomic E-state index is 0.185. The van der Waals surface area contributed by atoms with Crippen LogP contribution in [0.1, 0.15) is 42.3 Å². The van der Waals surface area contributed by atoms with Crippen molar-refractivity contribution in [2.45, 2.75) is 32.6 Å². The summed E-state index contributed by atoms with van der Waals surface area (Å²) >= 11 is 1.57. The number of hydrogen-bond donors (Lipinski definition) is 1. The number of thiophene rings is 1. The van der Waals surface area contributed by atoms with Crippen molar-refractivity contribution < 1.29 is 4.79 Å². The minimum atomic E-state index is 0.185. The average molecular weight is 302 g/mol. The Bertz CT molecular complexity index is 641. The normalized spacial score (nSPS) is 16.5. The molecule has 2 N–H and O–H groups in total. The molecule has 0 aliphatic carbocycles. The SMILES string of the molecule is CCCC1CCN(C(=O)c2cc3cc(N)ccc3s2)CC1. The average Bonchev–Trinajstić information content (AvgIpc) is 2.90. The van der Waals surface area contributed by atoms with Crippen LogP contribution in [0, 0.1) is 5.92 Å². The summed E-state index contributed by atoms with van der Waals surface area (Å²) in [5, 5.41) is 1.07. The third kappa shape index (κ3) is 3.05. The predicted molar refractivity (Wildman–Crippen MR) is 89.8 cm³/mol. The molecular weight excluding hydrogens is 280 g/mol. The highest BCUT2D eigenvalue weighted by Gasteiger charge is 2.24. The van der Waals surface area contributed by atoms with Crippen LogP contribution in [0.5, 0.6) is 0 Å². The van der Waals surface area contributed by atoms with Gasteiger partial charge in [0.1, 0.15) is 0 Å². The molecule has 0 bridgehead atoms. The molecule has 2 aromatic rings. The Hall–Kier alpha value is -1.55. The van der Waals surface area contributed by atoms with Crippen molar-refractivity contribution in [3.05, 3.63) is 29.1 Å². The lowest BCUT2D eigenvalue weighted by Gasteiger charge is -2.31. The molecule has 0 spiro atoms. The largest absolute Gasteiger partial charge is 0.399 e. The lowest BCUT2D eigenvalue weighted by Crippen LogP contribution is -2.38. The van der Waals surface area contributed by atoms with Gasteiger partial charge in [-0.25, -0.2) is 0 Å². The van der Waals surface area contributed by atoms with Crippen LogP contribution >= 0.6 is 11.3 Å². The topological polar surface area (TPSA) is 46.3 Å². The van der Waals surface area contributed by atoms with Gasteiger partial charge in [0, 0.05) is 23.5 Å². The maximum absolute atomic E-state index is 12.6. The molecule has 3 rings (SSSR count). The summed E-state index contributed by atoms with van der Waals surface area (Å²) in [6.07, 6.45) is 4.84. The molecule has 1 aromatic carbocycles. The van der Waals surface area contributed by atoms with Gasteiger partial charge in [0.05, 0.1) is 4.88 Å². The van der Waals surface area contributed by atoms with Gasteiger partial charge in [-0.2, -0.15) is 0 Å². The second kappa shape index (κ2) is 6.06. The van der Waals surface area contributed by atoms with E-state index in [1.807, 2.05) is 29.2 Å². The highest BCUT2D eigenvalue weighted by atomic mass is 32.1. The maximum atomic E-state index is 12.6. The fraction of sp³-hybridized carbons (Fsp3) is 0.471. The molecule has 1 saturated heterocycles. The van der Waals surface area contributed by atoms with Crippen molar-refractivity contribution in [3.63, 3.8) is 0 Å². The number of nitrogen functional groups attached to an aromatic ring is 1. The van der Waals surface area contributed by atoms with E-state index in [9.17, 15) is 4.79 Å². The number of fused-ring (bicyclic) bond motifs is 1. The Morgan fingerprint density at radius 3 is 2.81 bits per heavy atom. The molecule has 1 aromatic heterocycles. The quantitative estimate of drug-likeness (QED) is 0.866. The van der Waals surface area contributed by atoms with E-state index in [2.05, 4.69) is 6.92 Å². The van der Waals surface area contributed by atoms with Gasteiger partial charge in [-0.15, -0.1) is 11.3 Å². The van der Waals surface area contributed by atoms with Crippen molar-refractivity contribution in [1.82, 2.24) is 4.90 Å². The number of amides is 1. The second-order valence-corrected chi connectivity index (χ2v) is 7.02. The standard InChI is InChI=1S/C17H22N2OS/c1-2-3-12-6-8-19(9-7-12)17(20)16-11-13-10-14(18)4-5-15(13)21-16/h4-5,10-12H,2-3,6-9,18H2,1H3. The Balaban J connectivity index is 1.72. The smallest absolute Gasteiger partial charge is 0.263 e. The van der Waals surface area contributed by atoms with Gasteiger partial charge < -0.3 is 10.6 Å². The first-order valence-electron chi connectivity index (χ1n) is 7.75. The molecule has 0 radical (unpaired) electrons. The summed E-state index contributed by atoms with van der Waals surface area (Å²) in [6, 6.07) is 7.82. The van der Waals surface area contributed by atoms with E-state index in [1.165, 1.54) is 12.8 Å². The van der Waals surface area contributed by atoms with E-state index in [4.69, 9.17) is 5.73 Å². The molecule has 1 aliphatic rings. The van der Waals surface area contributed by atoms with Crippen LogP contribution in [0.25, 0.3) is 10.1 Å². The van der Waals surface area contributed by atoms with Crippen molar-refractivity contribution in [3.8, 4) is 0 Å². The van der Waals surface area contributed by atoms with E-state index >= 15 is 0 Å². The summed E-state index contributed by atoms with van der Waals surface area (Å²) in [7, 11) is 0. The molecular formula is C17H22N2OS. The summed E-state index contributed by atoms with van der Waals surface area (Å²) in [5.41, 5.74) is 6.55. The number of nitrogens with zero attached hydrogens (tertiary/aromatic N) is 1. The van der Waals surface area contributed by atoms with Gasteiger partial charge >= 0.3 is 0 Å². The predicted octanol–water partition coefficient (Wildman–Crippen LogP) is 4.14. The van der Waals surface area contributed by atoms with Crippen LogP contribution < -0.4 is 5.73 Å². The van der Waals surface area contributed by atoms with Gasteiger partial charge in [0.2, 0.25) is 0 Å². The van der Waals surface area contributed by atoms with E-state index in [1.54, 1.807) is 11.3 Å². The molecule has 0 unspecified atom stereocenters. The van der Waals surface area contributed by atoms with Gasteiger partial charge in [-0.3, -0.25) is 4.79 Å². The molecule has 0 saturated carbocycles. The molecule has 0 atom stereocenters. The van der Waals surface area contributed by atoms with Crippen LogP contribution in [0.2, 0.25) is 0 Å².